The standard InChI is InChI=1S/C9H18NO2P/c1-8(4-7-13(11)12)9(10)5-2-3-6-9/h8H,2-7,10H2,1H3/p+1. The summed E-state index contributed by atoms with van der Waals surface area (Å²) in [5.74, 6) is 0.376. The Kier molecular flexibility index (Phi) is 3.84. The lowest BCUT2D eigenvalue weighted by molar-refractivity contribution is 0.288. The summed E-state index contributed by atoms with van der Waals surface area (Å²) in [6.45, 7) is 2.10. The Hall–Kier alpha value is 0.0200. The zero-order chi connectivity index (χ0) is 9.90. The van der Waals surface area contributed by atoms with Gasteiger partial charge in [0.2, 0.25) is 0 Å². The first kappa shape index (κ1) is 11.1. The molecule has 0 radical (unpaired) electrons. The summed E-state index contributed by atoms with van der Waals surface area (Å²) in [5, 5.41) is 0. The van der Waals surface area contributed by atoms with Crippen LogP contribution in [0.2, 0.25) is 0 Å². The Morgan fingerprint density at radius 2 is 2.08 bits per heavy atom. The van der Waals surface area contributed by atoms with Crippen molar-refractivity contribution in [2.45, 2.75) is 44.6 Å². The fraction of sp³-hybridized carbons (Fsp3) is 1.00. The van der Waals surface area contributed by atoms with Crippen LogP contribution >= 0.6 is 8.03 Å². The van der Waals surface area contributed by atoms with Crippen molar-refractivity contribution >= 4 is 8.03 Å². The molecule has 0 saturated heterocycles. The second-order valence-corrected chi connectivity index (χ2v) is 5.36. The van der Waals surface area contributed by atoms with Crippen molar-refractivity contribution in [3.8, 4) is 0 Å². The zero-order valence-electron chi connectivity index (χ0n) is 8.20. The Morgan fingerprint density at radius 1 is 1.54 bits per heavy atom. The summed E-state index contributed by atoms with van der Waals surface area (Å²) in [7, 11) is -1.98. The number of hydrogen-bond acceptors (Lipinski definition) is 2. The van der Waals surface area contributed by atoms with Gasteiger partial charge in [0.25, 0.3) is 0 Å². The van der Waals surface area contributed by atoms with Crippen molar-refractivity contribution in [2.24, 2.45) is 11.7 Å². The van der Waals surface area contributed by atoms with E-state index in [4.69, 9.17) is 10.6 Å². The van der Waals surface area contributed by atoms with E-state index in [0.29, 0.717) is 12.1 Å². The van der Waals surface area contributed by atoms with E-state index in [2.05, 4.69) is 6.92 Å². The van der Waals surface area contributed by atoms with E-state index in [1.807, 2.05) is 0 Å². The minimum absolute atomic E-state index is 0.0503. The molecule has 1 saturated carbocycles. The van der Waals surface area contributed by atoms with Crippen LogP contribution in [0.1, 0.15) is 39.0 Å². The molecular weight excluding hydrogens is 185 g/mol. The fourth-order valence-corrected chi connectivity index (χ4v) is 2.73. The van der Waals surface area contributed by atoms with Gasteiger partial charge in [-0.2, -0.15) is 4.89 Å². The SMILES string of the molecule is CC(CC[P+](=O)O)C1(N)CCCC1. The van der Waals surface area contributed by atoms with Crippen molar-refractivity contribution in [1.29, 1.82) is 0 Å². The molecule has 4 heteroatoms. The lowest BCUT2D eigenvalue weighted by atomic mass is 9.83. The molecule has 13 heavy (non-hydrogen) atoms. The van der Waals surface area contributed by atoms with E-state index < -0.39 is 8.03 Å². The summed E-state index contributed by atoms with van der Waals surface area (Å²) < 4.78 is 10.5. The molecule has 1 fully saturated rings. The summed E-state index contributed by atoms with van der Waals surface area (Å²) >= 11 is 0. The maximum Gasteiger partial charge on any atom is 0.505 e. The largest absolute Gasteiger partial charge is 0.505 e. The average Bonchev–Trinajstić information content (AvgIpc) is 2.49. The highest BCUT2D eigenvalue weighted by Crippen LogP contribution is 2.36. The number of hydrogen-bond donors (Lipinski definition) is 2. The molecule has 2 unspecified atom stereocenters. The predicted octanol–water partition coefficient (Wildman–Crippen LogP) is 2.02. The molecule has 2 atom stereocenters. The van der Waals surface area contributed by atoms with Gasteiger partial charge in [-0.05, 0) is 29.7 Å². The van der Waals surface area contributed by atoms with Crippen LogP contribution in [0.25, 0.3) is 0 Å². The van der Waals surface area contributed by atoms with Crippen LogP contribution in [0.5, 0.6) is 0 Å². The van der Waals surface area contributed by atoms with E-state index >= 15 is 0 Å². The van der Waals surface area contributed by atoms with Crippen molar-refractivity contribution in [2.75, 3.05) is 6.16 Å². The van der Waals surface area contributed by atoms with Crippen LogP contribution in [0, 0.1) is 5.92 Å². The first-order valence-electron chi connectivity index (χ1n) is 4.97. The molecule has 0 spiro atoms. The topological polar surface area (TPSA) is 63.3 Å². The molecule has 0 heterocycles. The van der Waals surface area contributed by atoms with Crippen LogP contribution in [-0.2, 0) is 4.57 Å². The zero-order valence-corrected chi connectivity index (χ0v) is 9.09. The highest BCUT2D eigenvalue weighted by Gasteiger charge is 2.35. The lowest BCUT2D eigenvalue weighted by Crippen LogP contribution is -2.43. The number of rotatable bonds is 4. The Labute approximate surface area is 80.6 Å². The van der Waals surface area contributed by atoms with Gasteiger partial charge in [-0.3, -0.25) is 0 Å². The van der Waals surface area contributed by atoms with Crippen LogP contribution in [0.15, 0.2) is 0 Å². The first-order valence-corrected chi connectivity index (χ1v) is 6.37. The van der Waals surface area contributed by atoms with Crippen molar-refractivity contribution in [1.82, 2.24) is 0 Å². The van der Waals surface area contributed by atoms with Gasteiger partial charge in [-0.15, -0.1) is 0 Å². The van der Waals surface area contributed by atoms with Crippen molar-refractivity contribution in [3.05, 3.63) is 0 Å². The molecule has 1 aliphatic rings. The van der Waals surface area contributed by atoms with Crippen molar-refractivity contribution < 1.29 is 9.46 Å². The fourth-order valence-electron chi connectivity index (χ4n) is 2.12. The summed E-state index contributed by atoms with van der Waals surface area (Å²) in [4.78, 5) is 8.70. The molecule has 0 bridgehead atoms. The van der Waals surface area contributed by atoms with Crippen LogP contribution in [0.3, 0.4) is 0 Å². The normalized spacial score (nSPS) is 24.4. The second-order valence-electron chi connectivity index (χ2n) is 4.21. The summed E-state index contributed by atoms with van der Waals surface area (Å²) in [6, 6.07) is 0. The third-order valence-electron chi connectivity index (χ3n) is 3.27. The second kappa shape index (κ2) is 4.50. The molecule has 1 rings (SSSR count). The molecule has 0 aromatic heterocycles. The molecule has 0 aromatic rings. The van der Waals surface area contributed by atoms with Gasteiger partial charge in [0.05, 0.1) is 0 Å². The van der Waals surface area contributed by atoms with Crippen molar-refractivity contribution in [3.63, 3.8) is 0 Å². The molecule has 3 nitrogen and oxygen atoms in total. The minimum Gasteiger partial charge on any atom is -0.325 e. The van der Waals surface area contributed by atoms with E-state index in [0.717, 1.165) is 19.3 Å². The van der Waals surface area contributed by atoms with E-state index in [9.17, 15) is 4.57 Å². The Morgan fingerprint density at radius 3 is 2.54 bits per heavy atom. The predicted molar refractivity (Wildman–Crippen MR) is 53.9 cm³/mol. The molecule has 3 N–H and O–H groups in total. The van der Waals surface area contributed by atoms with Crippen LogP contribution < -0.4 is 5.73 Å². The molecule has 1 aliphatic carbocycles. The van der Waals surface area contributed by atoms with Gasteiger partial charge in [0.15, 0.2) is 6.16 Å². The highest BCUT2D eigenvalue weighted by molar-refractivity contribution is 7.37. The van der Waals surface area contributed by atoms with E-state index in [1.54, 1.807) is 0 Å². The van der Waals surface area contributed by atoms with Gasteiger partial charge in [-0.1, -0.05) is 19.8 Å². The molecule has 76 valence electrons. The van der Waals surface area contributed by atoms with Gasteiger partial charge in [0.1, 0.15) is 0 Å². The maximum atomic E-state index is 10.5. The molecule has 0 aromatic carbocycles. The maximum absolute atomic E-state index is 10.5. The third kappa shape index (κ3) is 3.01. The quantitative estimate of drug-likeness (QED) is 0.688. The summed E-state index contributed by atoms with van der Waals surface area (Å²) in [5.41, 5.74) is 6.16. The lowest BCUT2D eigenvalue weighted by Gasteiger charge is -2.30. The Balaban J connectivity index is 2.37. The smallest absolute Gasteiger partial charge is 0.325 e. The number of nitrogens with two attached hydrogens (primary N) is 1. The Bertz CT molecular complexity index is 190. The van der Waals surface area contributed by atoms with Crippen LogP contribution in [0.4, 0.5) is 0 Å². The van der Waals surface area contributed by atoms with Gasteiger partial charge in [-0.25, -0.2) is 0 Å². The van der Waals surface area contributed by atoms with E-state index in [-0.39, 0.29) is 5.54 Å². The molecule has 0 amide bonds. The molecular formula is C9H19NO2P+. The van der Waals surface area contributed by atoms with Crippen LogP contribution in [-0.4, -0.2) is 16.6 Å². The van der Waals surface area contributed by atoms with Gasteiger partial charge < -0.3 is 5.73 Å². The summed E-state index contributed by atoms with van der Waals surface area (Å²) in [6.07, 6.45) is 5.77. The monoisotopic (exact) mass is 204 g/mol. The average molecular weight is 204 g/mol. The first-order chi connectivity index (χ1) is 6.04. The van der Waals surface area contributed by atoms with E-state index in [1.165, 1.54) is 12.8 Å². The minimum atomic E-state index is -1.98. The molecule has 0 aliphatic heterocycles. The highest BCUT2D eigenvalue weighted by atomic mass is 31.1. The van der Waals surface area contributed by atoms with Gasteiger partial charge in [0, 0.05) is 5.54 Å². The third-order valence-corrected chi connectivity index (χ3v) is 3.91. The van der Waals surface area contributed by atoms with Gasteiger partial charge >= 0.3 is 8.03 Å².